The van der Waals surface area contributed by atoms with Crippen LogP contribution in [0.15, 0.2) is 66.9 Å². The van der Waals surface area contributed by atoms with Gasteiger partial charge in [0.1, 0.15) is 28.7 Å². The predicted molar refractivity (Wildman–Crippen MR) is 118 cm³/mol. The van der Waals surface area contributed by atoms with Gasteiger partial charge in [-0.2, -0.15) is 0 Å². The molecule has 5 nitrogen and oxygen atoms in total. The first kappa shape index (κ1) is 20.3. The zero-order valence-electron chi connectivity index (χ0n) is 16.4. The number of aromatic amines is 1. The average Bonchev–Trinajstić information content (AvgIpc) is 3.23. The van der Waals surface area contributed by atoms with Crippen molar-refractivity contribution in [1.29, 1.82) is 0 Å². The number of carbonyl (C=O) groups excluding carboxylic acids is 1. The molecule has 4 aromatic rings. The Morgan fingerprint density at radius 1 is 1.06 bits per heavy atom. The third kappa shape index (κ3) is 4.32. The fourth-order valence-corrected chi connectivity index (χ4v) is 3.23. The van der Waals surface area contributed by atoms with Crippen LogP contribution in [0.4, 0.5) is 4.39 Å². The van der Waals surface area contributed by atoms with Gasteiger partial charge in [0, 0.05) is 24.4 Å². The summed E-state index contributed by atoms with van der Waals surface area (Å²) in [5.41, 5.74) is 2.65. The molecule has 0 unspecified atom stereocenters. The molecule has 2 aromatic heterocycles. The second kappa shape index (κ2) is 8.82. The minimum Gasteiger partial charge on any atom is -0.354 e. The molecule has 2 heterocycles. The van der Waals surface area contributed by atoms with E-state index in [1.165, 1.54) is 19.2 Å². The number of nitrogens with one attached hydrogen (secondary N) is 2. The number of nitrogens with zero attached hydrogens (tertiary/aromatic N) is 2. The van der Waals surface area contributed by atoms with Gasteiger partial charge in [0.05, 0.1) is 10.6 Å². The van der Waals surface area contributed by atoms with E-state index in [0.717, 1.165) is 5.56 Å². The van der Waals surface area contributed by atoms with Crippen LogP contribution in [0.3, 0.4) is 0 Å². The molecule has 7 heteroatoms. The Bertz CT molecular complexity index is 1280. The minimum absolute atomic E-state index is 0.0962. The molecule has 0 saturated heterocycles. The summed E-state index contributed by atoms with van der Waals surface area (Å²) in [5.74, 6) is 5.26. The molecule has 0 saturated carbocycles. The molecule has 0 atom stereocenters. The number of hydrogen-bond acceptors (Lipinski definition) is 3. The molecule has 0 spiro atoms. The molecule has 4 rings (SSSR count). The summed E-state index contributed by atoms with van der Waals surface area (Å²) in [6, 6.07) is 17.4. The summed E-state index contributed by atoms with van der Waals surface area (Å²) in [4.78, 5) is 24.1. The van der Waals surface area contributed by atoms with Crippen LogP contribution in [0, 0.1) is 17.7 Å². The van der Waals surface area contributed by atoms with Crippen molar-refractivity contribution >= 4 is 17.5 Å². The van der Waals surface area contributed by atoms with Crippen molar-refractivity contribution in [1.82, 2.24) is 20.3 Å². The van der Waals surface area contributed by atoms with E-state index < -0.39 is 11.7 Å². The second-order valence-corrected chi connectivity index (χ2v) is 6.94. The van der Waals surface area contributed by atoms with Gasteiger partial charge in [-0.1, -0.05) is 41.8 Å². The molecule has 31 heavy (non-hydrogen) atoms. The standard InChI is InChI=1S/C24H16ClFN4O/c1-27-24(31)22-21(29-23(30-22)20-18(25)8-5-9-19(20)26)16-11-13-17(28-14-16)12-10-15-6-3-2-4-7-15/h2-9,11,13-14H,1H3,(H,27,31)(H,29,30). The van der Waals surface area contributed by atoms with Crippen LogP contribution >= 0.6 is 11.6 Å². The lowest BCUT2D eigenvalue weighted by Gasteiger charge is -2.01. The molecule has 152 valence electrons. The highest BCUT2D eigenvalue weighted by molar-refractivity contribution is 6.33. The number of carbonyl (C=O) groups is 1. The highest BCUT2D eigenvalue weighted by Gasteiger charge is 2.21. The van der Waals surface area contributed by atoms with E-state index in [0.29, 0.717) is 17.0 Å². The minimum atomic E-state index is -0.541. The van der Waals surface area contributed by atoms with Gasteiger partial charge in [-0.25, -0.2) is 14.4 Å². The number of rotatable bonds is 3. The van der Waals surface area contributed by atoms with Crippen LogP contribution in [0.1, 0.15) is 21.7 Å². The highest BCUT2D eigenvalue weighted by Crippen LogP contribution is 2.32. The maximum absolute atomic E-state index is 14.4. The van der Waals surface area contributed by atoms with Crippen molar-refractivity contribution in [3.05, 3.63) is 94.7 Å². The van der Waals surface area contributed by atoms with Crippen LogP contribution in [0.2, 0.25) is 5.02 Å². The van der Waals surface area contributed by atoms with Crippen molar-refractivity contribution < 1.29 is 9.18 Å². The molecular weight excluding hydrogens is 415 g/mol. The Balaban J connectivity index is 1.73. The smallest absolute Gasteiger partial charge is 0.269 e. The largest absolute Gasteiger partial charge is 0.354 e. The molecule has 1 amide bonds. The molecule has 0 aliphatic rings. The number of imidazole rings is 1. The van der Waals surface area contributed by atoms with Crippen LogP contribution in [-0.2, 0) is 0 Å². The van der Waals surface area contributed by atoms with Crippen LogP contribution in [0.5, 0.6) is 0 Å². The summed E-state index contributed by atoms with van der Waals surface area (Å²) >= 11 is 6.16. The molecule has 0 aliphatic carbocycles. The van der Waals surface area contributed by atoms with E-state index in [9.17, 15) is 9.18 Å². The first-order valence-electron chi connectivity index (χ1n) is 9.37. The Hall–Kier alpha value is -3.95. The molecule has 2 N–H and O–H groups in total. The van der Waals surface area contributed by atoms with Gasteiger partial charge in [-0.05, 0) is 42.3 Å². The second-order valence-electron chi connectivity index (χ2n) is 6.53. The monoisotopic (exact) mass is 430 g/mol. The molecule has 0 bridgehead atoms. The van der Waals surface area contributed by atoms with Gasteiger partial charge in [0.25, 0.3) is 5.91 Å². The number of H-pyrrole nitrogens is 1. The van der Waals surface area contributed by atoms with Gasteiger partial charge in [0.15, 0.2) is 0 Å². The number of halogens is 2. The first-order chi connectivity index (χ1) is 15.1. The fraction of sp³-hybridized carbons (Fsp3) is 0.0417. The fourth-order valence-electron chi connectivity index (χ4n) is 2.98. The van der Waals surface area contributed by atoms with Crippen LogP contribution < -0.4 is 5.32 Å². The van der Waals surface area contributed by atoms with Crippen molar-refractivity contribution in [2.45, 2.75) is 0 Å². The average molecular weight is 431 g/mol. The van der Waals surface area contributed by atoms with Gasteiger partial charge >= 0.3 is 0 Å². The summed E-state index contributed by atoms with van der Waals surface area (Å²) in [7, 11) is 1.50. The van der Waals surface area contributed by atoms with Crippen molar-refractivity contribution in [3.63, 3.8) is 0 Å². The van der Waals surface area contributed by atoms with E-state index >= 15 is 0 Å². The highest BCUT2D eigenvalue weighted by atomic mass is 35.5. The van der Waals surface area contributed by atoms with Gasteiger partial charge in [-0.3, -0.25) is 4.79 Å². The lowest BCUT2D eigenvalue weighted by molar-refractivity contribution is 0.0959. The lowest BCUT2D eigenvalue weighted by atomic mass is 10.1. The van der Waals surface area contributed by atoms with Gasteiger partial charge in [0.2, 0.25) is 0 Å². The Morgan fingerprint density at radius 2 is 1.87 bits per heavy atom. The maximum atomic E-state index is 14.4. The topological polar surface area (TPSA) is 70.7 Å². The number of amides is 1. The summed E-state index contributed by atoms with van der Waals surface area (Å²) in [6.07, 6.45) is 1.57. The third-order valence-corrected chi connectivity index (χ3v) is 4.82. The zero-order valence-corrected chi connectivity index (χ0v) is 17.2. The van der Waals surface area contributed by atoms with Crippen molar-refractivity contribution in [2.75, 3.05) is 7.05 Å². The Morgan fingerprint density at radius 3 is 2.55 bits per heavy atom. The van der Waals surface area contributed by atoms with Crippen LogP contribution in [0.25, 0.3) is 22.6 Å². The lowest BCUT2D eigenvalue weighted by Crippen LogP contribution is -2.19. The summed E-state index contributed by atoms with van der Waals surface area (Å²) in [5, 5.41) is 2.74. The van der Waals surface area contributed by atoms with Crippen LogP contribution in [-0.4, -0.2) is 27.9 Å². The van der Waals surface area contributed by atoms with E-state index in [2.05, 4.69) is 32.1 Å². The molecule has 0 radical (unpaired) electrons. The van der Waals surface area contributed by atoms with E-state index in [4.69, 9.17) is 11.6 Å². The maximum Gasteiger partial charge on any atom is 0.269 e. The summed E-state index contributed by atoms with van der Waals surface area (Å²) in [6.45, 7) is 0. The normalized spacial score (nSPS) is 10.3. The SMILES string of the molecule is CNC(=O)c1[nH]c(-c2c(F)cccc2Cl)nc1-c1ccc(C#Cc2ccccc2)nc1. The van der Waals surface area contributed by atoms with Gasteiger partial charge in [-0.15, -0.1) is 0 Å². The summed E-state index contributed by atoms with van der Waals surface area (Å²) < 4.78 is 14.4. The van der Waals surface area contributed by atoms with Crippen molar-refractivity contribution in [2.24, 2.45) is 0 Å². The van der Waals surface area contributed by atoms with E-state index in [1.54, 1.807) is 24.4 Å². The van der Waals surface area contributed by atoms with Crippen molar-refractivity contribution in [3.8, 4) is 34.5 Å². The zero-order chi connectivity index (χ0) is 21.8. The van der Waals surface area contributed by atoms with E-state index in [1.807, 2.05) is 30.3 Å². The molecule has 0 aliphatic heterocycles. The number of aromatic nitrogens is 3. The number of hydrogen-bond donors (Lipinski definition) is 2. The Kier molecular flexibility index (Phi) is 5.78. The number of benzene rings is 2. The number of pyridine rings is 1. The quantitative estimate of drug-likeness (QED) is 0.463. The van der Waals surface area contributed by atoms with Gasteiger partial charge < -0.3 is 10.3 Å². The molecular formula is C24H16ClFN4O. The van der Waals surface area contributed by atoms with E-state index in [-0.39, 0.29) is 22.1 Å². The Labute approximate surface area is 183 Å². The molecule has 2 aromatic carbocycles. The predicted octanol–water partition coefficient (Wildman–Crippen LogP) is 4.69. The third-order valence-electron chi connectivity index (χ3n) is 4.50. The first-order valence-corrected chi connectivity index (χ1v) is 9.74. The molecule has 0 fully saturated rings.